The van der Waals surface area contributed by atoms with Crippen LogP contribution in [0.15, 0.2) is 24.3 Å². The molecule has 1 aromatic carbocycles. The summed E-state index contributed by atoms with van der Waals surface area (Å²) >= 11 is 0. The summed E-state index contributed by atoms with van der Waals surface area (Å²) in [5, 5.41) is 2.54. The molecule has 0 fully saturated rings. The minimum atomic E-state index is -3.41. The number of hydrogen-bond acceptors (Lipinski definition) is 5. The van der Waals surface area contributed by atoms with Crippen LogP contribution in [0, 0.1) is 0 Å². The number of carbonyl (C=O) groups is 2. The smallest absolute Gasteiger partial charge is 0.337 e. The highest BCUT2D eigenvalue weighted by Crippen LogP contribution is 2.12. The minimum absolute atomic E-state index is 0.164. The van der Waals surface area contributed by atoms with Crippen LogP contribution in [0.4, 0.5) is 5.69 Å². The number of sulfonamides is 1. The van der Waals surface area contributed by atoms with Gasteiger partial charge in [0.2, 0.25) is 15.9 Å². The molecule has 0 aliphatic rings. The lowest BCUT2D eigenvalue weighted by molar-refractivity contribution is -0.115. The molecule has 0 unspecified atom stereocenters. The molecule has 0 aromatic heterocycles. The summed E-state index contributed by atoms with van der Waals surface area (Å²) in [6.07, 6.45) is -0.164. The predicted octanol–water partition coefficient (Wildman–Crippen LogP) is 0.693. The number of hydrogen-bond donors (Lipinski definition) is 1. The first-order valence-corrected chi connectivity index (χ1v) is 7.75. The molecular weight excluding hydrogens is 296 g/mol. The highest BCUT2D eigenvalue weighted by molar-refractivity contribution is 7.89. The second-order valence-electron chi connectivity index (χ2n) is 4.47. The Hall–Kier alpha value is -1.93. The van der Waals surface area contributed by atoms with Crippen molar-refractivity contribution in [2.24, 2.45) is 0 Å². The third-order valence-corrected chi connectivity index (χ3v) is 4.54. The van der Waals surface area contributed by atoms with Gasteiger partial charge in [-0.25, -0.2) is 17.5 Å². The maximum Gasteiger partial charge on any atom is 0.337 e. The Morgan fingerprint density at radius 1 is 1.29 bits per heavy atom. The Kier molecular flexibility index (Phi) is 5.86. The van der Waals surface area contributed by atoms with E-state index in [1.54, 1.807) is 18.2 Å². The van der Waals surface area contributed by atoms with Crippen LogP contribution >= 0.6 is 0 Å². The van der Waals surface area contributed by atoms with Gasteiger partial charge >= 0.3 is 5.97 Å². The van der Waals surface area contributed by atoms with Gasteiger partial charge < -0.3 is 10.1 Å². The molecular formula is C13H18N2O5S. The molecule has 8 heteroatoms. The van der Waals surface area contributed by atoms with Crippen molar-refractivity contribution < 1.29 is 22.7 Å². The summed E-state index contributed by atoms with van der Waals surface area (Å²) in [7, 11) is 0.670. The average Bonchev–Trinajstić information content (AvgIpc) is 2.44. The zero-order chi connectivity index (χ0) is 16.0. The molecule has 0 aliphatic heterocycles. The SMILES string of the molecule is COC(=O)c1cccc(NC(=O)CCS(=O)(=O)N(C)C)c1. The Balaban J connectivity index is 2.66. The zero-order valence-electron chi connectivity index (χ0n) is 12.1. The molecule has 1 aromatic rings. The molecule has 21 heavy (non-hydrogen) atoms. The number of rotatable bonds is 6. The van der Waals surface area contributed by atoms with Gasteiger partial charge in [0.15, 0.2) is 0 Å². The van der Waals surface area contributed by atoms with Gasteiger partial charge in [0.25, 0.3) is 0 Å². The fraction of sp³-hybridized carbons (Fsp3) is 0.385. The van der Waals surface area contributed by atoms with Crippen LogP contribution in [-0.2, 0) is 19.6 Å². The third-order valence-electron chi connectivity index (χ3n) is 2.71. The largest absolute Gasteiger partial charge is 0.465 e. The molecule has 0 bridgehead atoms. The first-order chi connectivity index (χ1) is 9.76. The van der Waals surface area contributed by atoms with Gasteiger partial charge in [-0.05, 0) is 18.2 Å². The maximum absolute atomic E-state index is 11.7. The summed E-state index contributed by atoms with van der Waals surface area (Å²) in [6.45, 7) is 0. The number of benzene rings is 1. The normalized spacial score (nSPS) is 11.2. The first kappa shape index (κ1) is 17.1. The molecule has 1 rings (SSSR count). The van der Waals surface area contributed by atoms with Crippen molar-refractivity contribution in [2.75, 3.05) is 32.3 Å². The standard InChI is InChI=1S/C13H18N2O5S/c1-15(2)21(18,19)8-7-12(16)14-11-6-4-5-10(9-11)13(17)20-3/h4-6,9H,7-8H2,1-3H3,(H,14,16). The first-order valence-electron chi connectivity index (χ1n) is 6.14. The predicted molar refractivity (Wildman–Crippen MR) is 78.5 cm³/mol. The maximum atomic E-state index is 11.7. The van der Waals surface area contributed by atoms with Crippen LogP contribution in [0.1, 0.15) is 16.8 Å². The van der Waals surface area contributed by atoms with Gasteiger partial charge in [-0.3, -0.25) is 4.79 Å². The molecule has 7 nitrogen and oxygen atoms in total. The summed E-state index contributed by atoms with van der Waals surface area (Å²) < 4.78 is 28.8. The molecule has 0 atom stereocenters. The lowest BCUT2D eigenvalue weighted by Gasteiger charge is -2.11. The van der Waals surface area contributed by atoms with Crippen LogP contribution in [0.25, 0.3) is 0 Å². The fourth-order valence-corrected chi connectivity index (χ4v) is 2.28. The quantitative estimate of drug-likeness (QED) is 0.780. The molecule has 1 N–H and O–H groups in total. The molecule has 0 heterocycles. The van der Waals surface area contributed by atoms with Crippen LogP contribution < -0.4 is 5.32 Å². The second-order valence-corrected chi connectivity index (χ2v) is 6.77. The van der Waals surface area contributed by atoms with Crippen LogP contribution in [0.3, 0.4) is 0 Å². The lowest BCUT2D eigenvalue weighted by atomic mass is 10.2. The van der Waals surface area contributed by atoms with Gasteiger partial charge in [0.1, 0.15) is 0 Å². The van der Waals surface area contributed by atoms with Gasteiger partial charge in [-0.1, -0.05) is 6.07 Å². The molecule has 0 radical (unpaired) electrons. The van der Waals surface area contributed by atoms with Gasteiger partial charge in [-0.2, -0.15) is 0 Å². The fourth-order valence-electron chi connectivity index (χ4n) is 1.47. The van der Waals surface area contributed by atoms with Crippen molar-refractivity contribution in [2.45, 2.75) is 6.42 Å². The van der Waals surface area contributed by atoms with E-state index in [4.69, 9.17) is 0 Å². The van der Waals surface area contributed by atoms with Crippen LogP contribution in [0.5, 0.6) is 0 Å². The molecule has 0 saturated carbocycles. The Labute approximate surface area is 123 Å². The van der Waals surface area contributed by atoms with E-state index in [0.29, 0.717) is 11.3 Å². The van der Waals surface area contributed by atoms with E-state index < -0.39 is 21.9 Å². The number of anilines is 1. The number of nitrogens with zero attached hydrogens (tertiary/aromatic N) is 1. The lowest BCUT2D eigenvalue weighted by Crippen LogP contribution is -2.27. The van der Waals surface area contributed by atoms with E-state index in [0.717, 1.165) is 4.31 Å². The van der Waals surface area contributed by atoms with Crippen LogP contribution in [-0.4, -0.2) is 51.6 Å². The highest BCUT2D eigenvalue weighted by atomic mass is 32.2. The minimum Gasteiger partial charge on any atom is -0.465 e. The Morgan fingerprint density at radius 2 is 1.95 bits per heavy atom. The van der Waals surface area contributed by atoms with Crippen molar-refractivity contribution in [1.29, 1.82) is 0 Å². The summed E-state index contributed by atoms with van der Waals surface area (Å²) in [5.41, 5.74) is 0.710. The monoisotopic (exact) mass is 314 g/mol. The van der Waals surface area contributed by atoms with E-state index in [9.17, 15) is 18.0 Å². The van der Waals surface area contributed by atoms with Crippen LogP contribution in [0.2, 0.25) is 0 Å². The van der Waals surface area contributed by atoms with E-state index in [1.165, 1.54) is 27.3 Å². The van der Waals surface area contributed by atoms with Crippen molar-refractivity contribution in [3.63, 3.8) is 0 Å². The second kappa shape index (κ2) is 7.19. The molecule has 1 amide bonds. The average molecular weight is 314 g/mol. The summed E-state index contributed by atoms with van der Waals surface area (Å²) in [5.74, 6) is -1.23. The number of amides is 1. The van der Waals surface area contributed by atoms with Gasteiger partial charge in [-0.15, -0.1) is 0 Å². The topological polar surface area (TPSA) is 92.8 Å². The van der Waals surface area contributed by atoms with Crippen molar-refractivity contribution in [1.82, 2.24) is 4.31 Å². The van der Waals surface area contributed by atoms with E-state index in [1.807, 2.05) is 0 Å². The van der Waals surface area contributed by atoms with Crippen molar-refractivity contribution >= 4 is 27.6 Å². The molecule has 116 valence electrons. The van der Waals surface area contributed by atoms with Gasteiger partial charge in [0, 0.05) is 26.2 Å². The number of esters is 1. The Bertz CT molecular complexity index is 625. The molecule has 0 saturated heterocycles. The van der Waals surface area contributed by atoms with Crippen molar-refractivity contribution in [3.8, 4) is 0 Å². The third kappa shape index (κ3) is 5.16. The van der Waals surface area contributed by atoms with Gasteiger partial charge in [0.05, 0.1) is 18.4 Å². The zero-order valence-corrected chi connectivity index (χ0v) is 12.9. The molecule has 0 spiro atoms. The summed E-state index contributed by atoms with van der Waals surface area (Å²) in [4.78, 5) is 23.1. The number of nitrogens with one attached hydrogen (secondary N) is 1. The summed E-state index contributed by atoms with van der Waals surface area (Å²) in [6, 6.07) is 6.21. The highest BCUT2D eigenvalue weighted by Gasteiger charge is 2.16. The van der Waals surface area contributed by atoms with Crippen molar-refractivity contribution in [3.05, 3.63) is 29.8 Å². The number of carbonyl (C=O) groups excluding carboxylic acids is 2. The molecule has 0 aliphatic carbocycles. The van der Waals surface area contributed by atoms with E-state index >= 15 is 0 Å². The Morgan fingerprint density at radius 3 is 2.52 bits per heavy atom. The number of ether oxygens (including phenoxy) is 1. The van der Waals surface area contributed by atoms with E-state index in [-0.39, 0.29) is 12.2 Å². The number of methoxy groups -OCH3 is 1. The van der Waals surface area contributed by atoms with E-state index in [2.05, 4.69) is 10.1 Å².